The van der Waals surface area contributed by atoms with E-state index >= 15 is 0 Å². The van der Waals surface area contributed by atoms with Gasteiger partial charge >= 0.3 is 0 Å². The fourth-order valence-electron chi connectivity index (χ4n) is 8.21. The Kier molecular flexibility index (Phi) is 5.71. The smallest absolute Gasteiger partial charge is 0.185 e. The lowest BCUT2D eigenvalue weighted by molar-refractivity contribution is -0.111. The van der Waals surface area contributed by atoms with E-state index in [9.17, 15) is 4.79 Å². The number of fused-ring (bicyclic) bond motifs is 2. The van der Waals surface area contributed by atoms with Gasteiger partial charge in [-0.15, -0.1) is 0 Å². The molecule has 5 aliphatic heterocycles. The molecule has 200 valence electrons. The number of piperidine rings is 1. The van der Waals surface area contributed by atoms with Crippen LogP contribution in [0.2, 0.25) is 0 Å². The Hall–Kier alpha value is -3.27. The highest BCUT2D eigenvalue weighted by Gasteiger charge is 2.40. The molecule has 0 aromatic heterocycles. The van der Waals surface area contributed by atoms with E-state index in [4.69, 9.17) is 4.74 Å². The van der Waals surface area contributed by atoms with Crippen LogP contribution in [0.15, 0.2) is 76.3 Å². The predicted molar refractivity (Wildman–Crippen MR) is 156 cm³/mol. The molecular formula is C35H38N2O2. The lowest BCUT2D eigenvalue weighted by Crippen LogP contribution is -2.39. The largest absolute Gasteiger partial charge is 0.485 e. The van der Waals surface area contributed by atoms with E-state index in [0.717, 1.165) is 36.2 Å². The summed E-state index contributed by atoms with van der Waals surface area (Å²) < 4.78 is 6.53. The first-order valence-corrected chi connectivity index (χ1v) is 15.3. The average Bonchev–Trinajstić information content (AvgIpc) is 3.52. The Morgan fingerprint density at radius 1 is 0.795 bits per heavy atom. The summed E-state index contributed by atoms with van der Waals surface area (Å²) in [5.74, 6) is 1.39. The molecule has 2 unspecified atom stereocenters. The minimum atomic E-state index is 0.125. The summed E-state index contributed by atoms with van der Waals surface area (Å²) in [6.07, 6.45) is 24.5. The molecule has 4 heteroatoms. The number of carbonyl (C=O) groups is 1. The van der Waals surface area contributed by atoms with Crippen molar-refractivity contribution >= 4 is 17.5 Å². The second kappa shape index (κ2) is 9.43. The Morgan fingerprint density at radius 2 is 1.51 bits per heavy atom. The molecule has 1 aromatic rings. The van der Waals surface area contributed by atoms with Gasteiger partial charge in [0.05, 0.1) is 0 Å². The van der Waals surface area contributed by atoms with Crippen LogP contribution in [0.4, 0.5) is 5.69 Å². The third-order valence-corrected chi connectivity index (χ3v) is 9.88. The number of rotatable bonds is 3. The van der Waals surface area contributed by atoms with E-state index < -0.39 is 0 Å². The highest BCUT2D eigenvalue weighted by molar-refractivity contribution is 6.11. The number of nitrogens with zero attached hydrogens (tertiary/aromatic N) is 2. The molecule has 5 heterocycles. The number of ether oxygens (including phenoxy) is 1. The van der Waals surface area contributed by atoms with E-state index in [1.54, 1.807) is 0 Å². The number of allylic oxidation sites excluding steroid dienone is 6. The van der Waals surface area contributed by atoms with Crippen LogP contribution >= 0.6 is 0 Å². The molecule has 7 aliphatic rings. The molecule has 2 fully saturated rings. The van der Waals surface area contributed by atoms with Crippen molar-refractivity contribution in [1.82, 2.24) is 4.90 Å². The maximum atomic E-state index is 13.3. The second-order valence-corrected chi connectivity index (χ2v) is 12.4. The summed E-state index contributed by atoms with van der Waals surface area (Å²) in [4.78, 5) is 18.4. The minimum Gasteiger partial charge on any atom is -0.485 e. The van der Waals surface area contributed by atoms with Gasteiger partial charge in [-0.1, -0.05) is 24.3 Å². The third kappa shape index (κ3) is 4.06. The SMILES string of the molecule is O=C1/C(=C\C2=CC3C=C4CCCN5CCCC(=C45)C3O2)CC/C1=C\C=Cc1cc2c3c(c1)CCCN3CCC2. The summed E-state index contributed by atoms with van der Waals surface area (Å²) in [5, 5.41) is 0. The van der Waals surface area contributed by atoms with Gasteiger partial charge in [-0.25, -0.2) is 0 Å². The highest BCUT2D eigenvalue weighted by Crippen LogP contribution is 2.46. The molecule has 1 aromatic carbocycles. The lowest BCUT2D eigenvalue weighted by atomic mass is 9.79. The number of anilines is 1. The molecule has 1 saturated heterocycles. The van der Waals surface area contributed by atoms with Crippen LogP contribution in [0.5, 0.6) is 0 Å². The number of benzene rings is 1. The Bertz CT molecular complexity index is 1400. The number of ketones is 1. The van der Waals surface area contributed by atoms with Gasteiger partial charge in [0.1, 0.15) is 11.9 Å². The van der Waals surface area contributed by atoms with E-state index in [1.165, 1.54) is 110 Å². The van der Waals surface area contributed by atoms with Crippen LogP contribution in [-0.2, 0) is 22.4 Å². The summed E-state index contributed by atoms with van der Waals surface area (Å²) in [6, 6.07) is 4.73. The summed E-state index contributed by atoms with van der Waals surface area (Å²) >= 11 is 0. The summed E-state index contributed by atoms with van der Waals surface area (Å²) in [5.41, 5.74) is 12.1. The van der Waals surface area contributed by atoms with Crippen molar-refractivity contribution in [3.8, 4) is 0 Å². The number of hydrogen-bond acceptors (Lipinski definition) is 4. The van der Waals surface area contributed by atoms with Crippen LogP contribution in [0.25, 0.3) is 6.08 Å². The Morgan fingerprint density at radius 3 is 2.33 bits per heavy atom. The van der Waals surface area contributed by atoms with Crippen molar-refractivity contribution in [3.05, 3.63) is 93.0 Å². The van der Waals surface area contributed by atoms with Crippen LogP contribution in [0.1, 0.15) is 68.1 Å². The number of hydrogen-bond donors (Lipinski definition) is 0. The fourth-order valence-corrected chi connectivity index (χ4v) is 8.21. The van der Waals surface area contributed by atoms with Gasteiger partial charge in [0, 0.05) is 54.6 Å². The van der Waals surface area contributed by atoms with Crippen molar-refractivity contribution in [3.63, 3.8) is 0 Å². The van der Waals surface area contributed by atoms with Crippen LogP contribution in [0.3, 0.4) is 0 Å². The zero-order valence-electron chi connectivity index (χ0n) is 22.9. The van der Waals surface area contributed by atoms with Crippen LogP contribution in [0, 0.1) is 5.92 Å². The van der Waals surface area contributed by atoms with Crippen LogP contribution < -0.4 is 4.90 Å². The topological polar surface area (TPSA) is 32.8 Å². The molecule has 0 radical (unpaired) electrons. The normalized spacial score (nSPS) is 29.5. The third-order valence-electron chi connectivity index (χ3n) is 9.88. The number of Topliss-reactive ketones (excluding diaryl/α,β-unsaturated/α-hetero) is 1. The maximum absolute atomic E-state index is 13.3. The molecular weight excluding hydrogens is 480 g/mol. The monoisotopic (exact) mass is 518 g/mol. The fraction of sp³-hybridized carbons (Fsp3) is 0.457. The molecule has 0 bridgehead atoms. The van der Waals surface area contributed by atoms with Gasteiger partial charge < -0.3 is 14.5 Å². The van der Waals surface area contributed by atoms with Gasteiger partial charge in [0.15, 0.2) is 5.78 Å². The van der Waals surface area contributed by atoms with Gasteiger partial charge in [-0.05, 0) is 116 Å². The molecule has 39 heavy (non-hydrogen) atoms. The maximum Gasteiger partial charge on any atom is 0.185 e. The molecule has 8 rings (SSSR count). The number of carbonyl (C=O) groups excluding carboxylic acids is 1. The van der Waals surface area contributed by atoms with E-state index in [-0.39, 0.29) is 11.9 Å². The summed E-state index contributed by atoms with van der Waals surface area (Å²) in [6.45, 7) is 4.78. The molecule has 0 N–H and O–H groups in total. The zero-order valence-corrected chi connectivity index (χ0v) is 22.9. The van der Waals surface area contributed by atoms with Crippen molar-refractivity contribution in [2.45, 2.75) is 70.3 Å². The van der Waals surface area contributed by atoms with Gasteiger partial charge in [-0.3, -0.25) is 4.79 Å². The Balaban J connectivity index is 0.986. The molecule has 0 amide bonds. The second-order valence-electron chi connectivity index (χ2n) is 12.4. The first-order valence-electron chi connectivity index (χ1n) is 15.3. The van der Waals surface area contributed by atoms with Gasteiger partial charge in [0.2, 0.25) is 0 Å². The minimum absolute atomic E-state index is 0.125. The number of aryl methyl sites for hydroxylation is 2. The summed E-state index contributed by atoms with van der Waals surface area (Å²) in [7, 11) is 0. The van der Waals surface area contributed by atoms with Crippen molar-refractivity contribution in [2.75, 3.05) is 31.1 Å². The molecule has 4 nitrogen and oxygen atoms in total. The van der Waals surface area contributed by atoms with E-state index in [2.05, 4.69) is 46.2 Å². The Labute approximate surface area is 232 Å². The quantitative estimate of drug-likeness (QED) is 0.422. The lowest BCUT2D eigenvalue weighted by Gasteiger charge is -2.43. The first-order chi connectivity index (χ1) is 19.2. The van der Waals surface area contributed by atoms with E-state index in [0.29, 0.717) is 5.92 Å². The molecule has 0 spiro atoms. The zero-order chi connectivity index (χ0) is 25.9. The highest BCUT2D eigenvalue weighted by atomic mass is 16.5. The molecule has 2 aliphatic carbocycles. The molecule has 2 atom stereocenters. The first kappa shape index (κ1) is 23.6. The van der Waals surface area contributed by atoms with Crippen molar-refractivity contribution < 1.29 is 9.53 Å². The van der Waals surface area contributed by atoms with Gasteiger partial charge in [-0.2, -0.15) is 0 Å². The molecule has 1 saturated carbocycles. The van der Waals surface area contributed by atoms with Crippen LogP contribution in [-0.4, -0.2) is 43.0 Å². The predicted octanol–water partition coefficient (Wildman–Crippen LogP) is 6.60. The van der Waals surface area contributed by atoms with E-state index in [1.807, 2.05) is 12.2 Å². The standard InChI is InChI=1S/C35H38N2O2/c38-34-24(7-1-6-23-18-25-8-2-14-36-15-3-9-26(19-23)32(25)36)12-13-28(34)21-30-22-29-20-27-10-4-16-37-17-5-11-31(33(27)37)35(29)39-30/h1,6-7,18-22,29,35H,2-5,8-17H2/b6-1?,24-7+,28-21-. The van der Waals surface area contributed by atoms with Gasteiger partial charge in [0.25, 0.3) is 0 Å². The van der Waals surface area contributed by atoms with Crippen molar-refractivity contribution in [2.24, 2.45) is 5.92 Å². The average molecular weight is 519 g/mol. The van der Waals surface area contributed by atoms with Crippen molar-refractivity contribution in [1.29, 1.82) is 0 Å².